The van der Waals surface area contributed by atoms with Gasteiger partial charge < -0.3 is 9.47 Å². The Kier molecular flexibility index (Phi) is 6.80. The van der Waals surface area contributed by atoms with Crippen molar-refractivity contribution in [2.75, 3.05) is 14.2 Å². The molecule has 0 aromatic carbocycles. The van der Waals surface area contributed by atoms with Crippen LogP contribution in [0.5, 0.6) is 0 Å². The Morgan fingerprint density at radius 3 is 2.29 bits per heavy atom. The van der Waals surface area contributed by atoms with E-state index in [4.69, 9.17) is 0 Å². The van der Waals surface area contributed by atoms with E-state index in [1.807, 2.05) is 6.92 Å². The minimum Gasteiger partial charge on any atom is -0.469 e. The van der Waals surface area contributed by atoms with Crippen LogP contribution in [0.2, 0.25) is 0 Å². The van der Waals surface area contributed by atoms with Crippen LogP contribution in [-0.2, 0) is 19.1 Å². The summed E-state index contributed by atoms with van der Waals surface area (Å²) in [4.78, 5) is 21.7. The highest BCUT2D eigenvalue weighted by atomic mass is 16.5. The molecule has 0 aliphatic rings. The first-order valence-corrected chi connectivity index (χ1v) is 4.76. The van der Waals surface area contributed by atoms with Gasteiger partial charge in [-0.1, -0.05) is 13.3 Å². The van der Waals surface area contributed by atoms with Gasteiger partial charge >= 0.3 is 11.9 Å². The first-order valence-electron chi connectivity index (χ1n) is 4.76. The molecule has 14 heavy (non-hydrogen) atoms. The lowest BCUT2D eigenvalue weighted by Gasteiger charge is -2.07. The number of hydrogen-bond acceptors (Lipinski definition) is 4. The van der Waals surface area contributed by atoms with Crippen LogP contribution in [0.1, 0.15) is 32.6 Å². The van der Waals surface area contributed by atoms with Crippen molar-refractivity contribution in [3.8, 4) is 0 Å². The predicted molar refractivity (Wildman–Crippen MR) is 51.7 cm³/mol. The highest BCUT2D eigenvalue weighted by Crippen LogP contribution is 2.10. The molecule has 0 aromatic rings. The fourth-order valence-corrected chi connectivity index (χ4v) is 1.14. The van der Waals surface area contributed by atoms with E-state index in [0.29, 0.717) is 6.42 Å². The number of methoxy groups -OCH3 is 2. The molecule has 4 heteroatoms. The number of esters is 2. The van der Waals surface area contributed by atoms with E-state index in [9.17, 15) is 9.59 Å². The lowest BCUT2D eigenvalue weighted by Crippen LogP contribution is -2.12. The van der Waals surface area contributed by atoms with Crippen molar-refractivity contribution in [1.29, 1.82) is 0 Å². The van der Waals surface area contributed by atoms with Gasteiger partial charge in [0.05, 0.1) is 20.1 Å². The fraction of sp³-hybridized carbons (Fsp3) is 0.800. The number of rotatable bonds is 6. The largest absolute Gasteiger partial charge is 0.469 e. The van der Waals surface area contributed by atoms with Crippen LogP contribution in [0.3, 0.4) is 0 Å². The zero-order valence-corrected chi connectivity index (χ0v) is 9.04. The van der Waals surface area contributed by atoms with Crippen LogP contribution in [0.25, 0.3) is 0 Å². The third-order valence-electron chi connectivity index (χ3n) is 2.10. The summed E-state index contributed by atoms with van der Waals surface area (Å²) in [5.41, 5.74) is 0. The highest BCUT2D eigenvalue weighted by molar-refractivity contribution is 5.71. The maximum absolute atomic E-state index is 11.0. The van der Waals surface area contributed by atoms with Gasteiger partial charge in [0.2, 0.25) is 0 Å². The number of unbranched alkanes of at least 4 members (excludes halogenated alkanes) is 1. The number of carbonyl (C=O) groups is 2. The second-order valence-corrected chi connectivity index (χ2v) is 3.25. The molecule has 0 aliphatic heterocycles. The van der Waals surface area contributed by atoms with E-state index in [0.717, 1.165) is 19.3 Å². The van der Waals surface area contributed by atoms with Crippen LogP contribution in [0.4, 0.5) is 0 Å². The Balaban J connectivity index is 3.45. The molecule has 0 saturated heterocycles. The highest BCUT2D eigenvalue weighted by Gasteiger charge is 2.12. The van der Waals surface area contributed by atoms with Crippen LogP contribution in [-0.4, -0.2) is 26.2 Å². The van der Waals surface area contributed by atoms with E-state index >= 15 is 0 Å². The predicted octanol–water partition coefficient (Wildman–Crippen LogP) is 1.53. The van der Waals surface area contributed by atoms with Gasteiger partial charge in [-0.05, 0) is 12.8 Å². The molecular formula is C10H18O4. The first-order chi connectivity index (χ1) is 6.61. The van der Waals surface area contributed by atoms with Crippen LogP contribution in [0, 0.1) is 5.92 Å². The molecule has 0 saturated carbocycles. The Morgan fingerprint density at radius 2 is 1.79 bits per heavy atom. The molecule has 0 N–H and O–H groups in total. The monoisotopic (exact) mass is 202 g/mol. The molecule has 0 aromatic heterocycles. The molecule has 0 heterocycles. The van der Waals surface area contributed by atoms with Crippen LogP contribution >= 0.6 is 0 Å². The van der Waals surface area contributed by atoms with Gasteiger partial charge in [-0.3, -0.25) is 9.59 Å². The number of hydrogen-bond donors (Lipinski definition) is 0. The topological polar surface area (TPSA) is 52.6 Å². The van der Waals surface area contributed by atoms with Gasteiger partial charge in [-0.2, -0.15) is 0 Å². The van der Waals surface area contributed by atoms with Gasteiger partial charge in [0.25, 0.3) is 0 Å². The third-order valence-corrected chi connectivity index (χ3v) is 2.10. The smallest absolute Gasteiger partial charge is 0.308 e. The Labute approximate surface area is 84.6 Å². The number of carbonyl (C=O) groups excluding carboxylic acids is 2. The average molecular weight is 202 g/mol. The molecule has 82 valence electrons. The fourth-order valence-electron chi connectivity index (χ4n) is 1.14. The van der Waals surface area contributed by atoms with E-state index in [1.165, 1.54) is 14.2 Å². The Hall–Kier alpha value is -1.06. The third kappa shape index (κ3) is 5.56. The van der Waals surface area contributed by atoms with Crippen molar-refractivity contribution in [3.63, 3.8) is 0 Å². The molecule has 0 spiro atoms. The van der Waals surface area contributed by atoms with Gasteiger partial charge in [0, 0.05) is 6.42 Å². The summed E-state index contributed by atoms with van der Waals surface area (Å²) >= 11 is 0. The van der Waals surface area contributed by atoms with Gasteiger partial charge in [0.1, 0.15) is 0 Å². The minimum atomic E-state index is -0.198. The molecule has 0 amide bonds. The van der Waals surface area contributed by atoms with Gasteiger partial charge in [-0.15, -0.1) is 0 Å². The second-order valence-electron chi connectivity index (χ2n) is 3.25. The molecule has 0 bridgehead atoms. The second kappa shape index (κ2) is 7.35. The molecule has 0 unspecified atom stereocenters. The maximum atomic E-state index is 11.0. The summed E-state index contributed by atoms with van der Waals surface area (Å²) in [6.45, 7) is 1.82. The zero-order valence-electron chi connectivity index (χ0n) is 9.04. The maximum Gasteiger partial charge on any atom is 0.308 e. The van der Waals surface area contributed by atoms with E-state index in [-0.39, 0.29) is 17.9 Å². The van der Waals surface area contributed by atoms with Crippen molar-refractivity contribution in [2.24, 2.45) is 5.92 Å². The van der Waals surface area contributed by atoms with Crippen LogP contribution < -0.4 is 0 Å². The van der Waals surface area contributed by atoms with Crippen molar-refractivity contribution >= 4 is 11.9 Å². The molecule has 0 aliphatic carbocycles. The Bertz CT molecular complexity index is 189. The van der Waals surface area contributed by atoms with Gasteiger partial charge in [0.15, 0.2) is 0 Å². The van der Waals surface area contributed by atoms with Crippen molar-refractivity contribution < 1.29 is 19.1 Å². The minimum absolute atomic E-state index is 0.0855. The molecule has 4 nitrogen and oxygen atoms in total. The van der Waals surface area contributed by atoms with Crippen molar-refractivity contribution in [3.05, 3.63) is 0 Å². The van der Waals surface area contributed by atoms with Gasteiger partial charge in [-0.25, -0.2) is 0 Å². The average Bonchev–Trinajstić information content (AvgIpc) is 2.22. The first kappa shape index (κ1) is 12.9. The van der Waals surface area contributed by atoms with Crippen molar-refractivity contribution in [2.45, 2.75) is 32.6 Å². The SMILES string of the molecule is COC(=O)CCCC[C@@H](C)C(=O)OC. The summed E-state index contributed by atoms with van der Waals surface area (Å²) < 4.78 is 9.08. The zero-order chi connectivity index (χ0) is 11.0. The van der Waals surface area contributed by atoms with E-state index in [1.54, 1.807) is 0 Å². The normalized spacial score (nSPS) is 11.9. The lowest BCUT2D eigenvalue weighted by molar-refractivity contribution is -0.145. The molecule has 1 atom stereocenters. The molecule has 0 radical (unpaired) electrons. The quantitative estimate of drug-likeness (QED) is 0.484. The summed E-state index contributed by atoms with van der Waals surface area (Å²) in [6, 6.07) is 0. The van der Waals surface area contributed by atoms with Crippen molar-refractivity contribution in [1.82, 2.24) is 0 Å². The summed E-state index contributed by atoms with van der Waals surface area (Å²) in [5, 5.41) is 0. The summed E-state index contributed by atoms with van der Waals surface area (Å²) in [5.74, 6) is -0.476. The molecule has 0 rings (SSSR count). The summed E-state index contributed by atoms with van der Waals surface area (Å²) in [6.07, 6.45) is 2.77. The standard InChI is InChI=1S/C10H18O4/c1-8(10(12)14-3)6-4-5-7-9(11)13-2/h8H,4-7H2,1-3H3/t8-/m1/s1. The molecule has 0 fully saturated rings. The molecular weight excluding hydrogens is 184 g/mol. The van der Waals surface area contributed by atoms with Crippen LogP contribution in [0.15, 0.2) is 0 Å². The summed E-state index contributed by atoms with van der Waals surface area (Å²) in [7, 11) is 2.76. The lowest BCUT2D eigenvalue weighted by atomic mass is 10.0. The Morgan fingerprint density at radius 1 is 1.14 bits per heavy atom. The number of ether oxygens (including phenoxy) is 2. The van der Waals surface area contributed by atoms with E-state index < -0.39 is 0 Å². The van der Waals surface area contributed by atoms with E-state index in [2.05, 4.69) is 9.47 Å².